The van der Waals surface area contributed by atoms with E-state index in [-0.39, 0.29) is 30.5 Å². The number of phenolic OH excluding ortho intramolecular Hbond substituents is 2. The predicted molar refractivity (Wildman–Crippen MR) is 55.9 cm³/mol. The molecule has 5 heteroatoms. The second-order valence-corrected chi connectivity index (χ2v) is 2.64. The van der Waals surface area contributed by atoms with Gasteiger partial charge in [-0.15, -0.1) is 12.4 Å². The fourth-order valence-corrected chi connectivity index (χ4v) is 0.962. The van der Waals surface area contributed by atoms with Crippen LogP contribution in [0, 0.1) is 0 Å². The van der Waals surface area contributed by atoms with Gasteiger partial charge in [-0.05, 0) is 24.7 Å². The van der Waals surface area contributed by atoms with E-state index in [2.05, 4.69) is 5.32 Å². The van der Waals surface area contributed by atoms with Crippen LogP contribution in [0.5, 0.6) is 11.5 Å². The van der Waals surface area contributed by atoms with Gasteiger partial charge in [0, 0.05) is 10.7 Å². The van der Waals surface area contributed by atoms with Gasteiger partial charge in [0.15, 0.2) is 11.5 Å². The van der Waals surface area contributed by atoms with E-state index in [1.54, 1.807) is 0 Å². The van der Waals surface area contributed by atoms with Gasteiger partial charge >= 0.3 is 0 Å². The minimum atomic E-state index is -2.32. The largest absolute Gasteiger partial charge is 0.504 e. The van der Waals surface area contributed by atoms with Gasteiger partial charge in [0.05, 0.1) is 6.10 Å². The Morgan fingerprint density at radius 1 is 1.43 bits per heavy atom. The van der Waals surface area contributed by atoms with E-state index < -0.39 is 13.1 Å². The van der Waals surface area contributed by atoms with Crippen LogP contribution in [-0.2, 0) is 0 Å². The van der Waals surface area contributed by atoms with Crippen LogP contribution in [-0.4, -0.2) is 28.8 Å². The third kappa shape index (κ3) is 3.06. The first-order valence-corrected chi connectivity index (χ1v) is 3.74. The van der Waals surface area contributed by atoms with Gasteiger partial charge in [0.1, 0.15) is 0 Å². The highest BCUT2D eigenvalue weighted by Gasteiger charge is 2.08. The molecule has 0 aliphatic heterocycles. The number of rotatable bonds is 3. The molecule has 0 spiro atoms. The summed E-state index contributed by atoms with van der Waals surface area (Å²) in [5, 5.41) is 30.0. The van der Waals surface area contributed by atoms with Crippen molar-refractivity contribution in [1.82, 2.24) is 5.32 Å². The van der Waals surface area contributed by atoms with Crippen molar-refractivity contribution in [2.24, 2.45) is 0 Å². The maximum absolute atomic E-state index is 9.59. The molecule has 0 saturated heterocycles. The molecule has 0 radical (unpaired) electrons. The number of aliphatic hydroxyl groups excluding tert-OH is 1. The Morgan fingerprint density at radius 3 is 2.71 bits per heavy atom. The Hall–Kier alpha value is -0.970. The van der Waals surface area contributed by atoms with E-state index in [9.17, 15) is 10.2 Å². The Morgan fingerprint density at radius 2 is 2.14 bits per heavy atom. The SMILES string of the molecule is Cl.[2H][13C]([2H])([2H])NCC(O)c1ccc(O)c(O)c1. The second-order valence-electron chi connectivity index (χ2n) is 2.64. The maximum atomic E-state index is 9.59. The average Bonchev–Trinajstić information content (AvgIpc) is 2.17. The molecule has 1 unspecified atom stereocenters. The molecular formula is C9H14ClNO3. The fraction of sp³-hybridized carbons (Fsp3) is 0.333. The van der Waals surface area contributed by atoms with E-state index in [1.807, 2.05) is 0 Å². The van der Waals surface area contributed by atoms with Gasteiger partial charge in [-0.25, -0.2) is 0 Å². The van der Waals surface area contributed by atoms with Crippen LogP contribution in [0.2, 0.25) is 0 Å². The minimum absolute atomic E-state index is 0. The van der Waals surface area contributed by atoms with E-state index in [1.165, 1.54) is 18.2 Å². The number of phenols is 2. The van der Waals surface area contributed by atoms with Crippen molar-refractivity contribution in [2.75, 3.05) is 13.5 Å². The van der Waals surface area contributed by atoms with Gasteiger partial charge in [-0.2, -0.15) is 0 Å². The lowest BCUT2D eigenvalue weighted by Crippen LogP contribution is -2.16. The van der Waals surface area contributed by atoms with Crippen molar-refractivity contribution in [2.45, 2.75) is 6.10 Å². The first-order valence-electron chi connectivity index (χ1n) is 5.24. The van der Waals surface area contributed by atoms with Crippen LogP contribution in [0.1, 0.15) is 15.8 Å². The zero-order chi connectivity index (χ0) is 12.3. The summed E-state index contributed by atoms with van der Waals surface area (Å²) in [7, 11) is 0. The maximum Gasteiger partial charge on any atom is 0.157 e. The molecule has 0 heterocycles. The highest BCUT2D eigenvalue weighted by Crippen LogP contribution is 2.27. The van der Waals surface area contributed by atoms with Crippen LogP contribution in [0.4, 0.5) is 0 Å². The van der Waals surface area contributed by atoms with Crippen LogP contribution in [0.15, 0.2) is 18.2 Å². The molecule has 0 bridgehead atoms. The topological polar surface area (TPSA) is 72.7 Å². The van der Waals surface area contributed by atoms with Crippen molar-refractivity contribution in [3.8, 4) is 11.5 Å². The molecule has 1 rings (SSSR count). The van der Waals surface area contributed by atoms with Crippen molar-refractivity contribution in [1.29, 1.82) is 0 Å². The number of nitrogens with one attached hydrogen (secondary N) is 1. The standard InChI is InChI=1S/C9H13NO3.ClH/c1-10-5-9(13)6-2-3-7(11)8(12)4-6;/h2-4,9-13H,5H2,1H3;1H/i1+1D3;. The first kappa shape index (κ1) is 8.35. The molecule has 1 atom stereocenters. The summed E-state index contributed by atoms with van der Waals surface area (Å²) in [4.78, 5) is 0. The van der Waals surface area contributed by atoms with Crippen LogP contribution in [0.3, 0.4) is 0 Å². The van der Waals surface area contributed by atoms with Gasteiger partial charge in [-0.1, -0.05) is 6.07 Å². The number of benzene rings is 1. The van der Waals surface area contributed by atoms with E-state index in [4.69, 9.17) is 9.22 Å². The summed E-state index contributed by atoms with van der Waals surface area (Å²) in [5.74, 6) is -0.648. The fourth-order valence-electron chi connectivity index (χ4n) is 0.962. The third-order valence-electron chi connectivity index (χ3n) is 1.68. The first-order chi connectivity index (χ1) is 7.29. The number of hydrogen-bond donors (Lipinski definition) is 4. The quantitative estimate of drug-likeness (QED) is 0.451. The molecule has 1 aromatic rings. The Kier molecular flexibility index (Phi) is 3.40. The molecule has 80 valence electrons. The Balaban J connectivity index is 0.00000256. The Labute approximate surface area is 92.8 Å². The molecule has 0 aromatic heterocycles. The number of halogens is 1. The molecule has 0 amide bonds. The molecule has 0 saturated carbocycles. The number of likely N-dealkylation sites (N-methyl/N-ethyl adjacent to an activating group) is 1. The summed E-state index contributed by atoms with van der Waals surface area (Å²) in [5.41, 5.74) is 0.326. The normalized spacial score (nSPS) is 15.9. The second kappa shape index (κ2) is 5.70. The summed E-state index contributed by atoms with van der Waals surface area (Å²) >= 11 is 0. The highest BCUT2D eigenvalue weighted by molar-refractivity contribution is 5.85. The zero-order valence-corrected chi connectivity index (χ0v) is 8.08. The lowest BCUT2D eigenvalue weighted by molar-refractivity contribution is 0.177. The molecular weight excluding hydrogens is 207 g/mol. The lowest BCUT2D eigenvalue weighted by Gasteiger charge is -2.10. The number of aromatic hydroxyl groups is 2. The predicted octanol–water partition coefficient (Wildman–Crippen LogP) is 0.772. The zero-order valence-electron chi connectivity index (χ0n) is 10.3. The molecule has 0 aliphatic rings. The van der Waals surface area contributed by atoms with Crippen molar-refractivity contribution >= 4 is 12.4 Å². The molecule has 1 aromatic carbocycles. The highest BCUT2D eigenvalue weighted by atomic mass is 35.5. The van der Waals surface area contributed by atoms with Crippen molar-refractivity contribution < 1.29 is 19.4 Å². The summed E-state index contributed by atoms with van der Waals surface area (Å²) in [6.07, 6.45) is -1.06. The van der Waals surface area contributed by atoms with E-state index >= 15 is 0 Å². The molecule has 0 aliphatic carbocycles. The lowest BCUT2D eigenvalue weighted by atomic mass is 10.1. The van der Waals surface area contributed by atoms with Gasteiger partial charge < -0.3 is 20.6 Å². The van der Waals surface area contributed by atoms with E-state index in [0.29, 0.717) is 5.56 Å². The van der Waals surface area contributed by atoms with Crippen LogP contribution >= 0.6 is 12.4 Å². The van der Waals surface area contributed by atoms with Gasteiger partial charge in [0.2, 0.25) is 0 Å². The number of hydrogen-bond acceptors (Lipinski definition) is 4. The smallest absolute Gasteiger partial charge is 0.157 e. The van der Waals surface area contributed by atoms with Crippen molar-refractivity contribution in [3.05, 3.63) is 23.8 Å². The van der Waals surface area contributed by atoms with Crippen LogP contribution in [0.25, 0.3) is 0 Å². The molecule has 4 nitrogen and oxygen atoms in total. The molecule has 14 heavy (non-hydrogen) atoms. The minimum Gasteiger partial charge on any atom is -0.504 e. The number of aliphatic hydroxyl groups is 1. The monoisotopic (exact) mass is 223 g/mol. The van der Waals surface area contributed by atoms with E-state index in [0.717, 1.165) is 0 Å². The molecule has 4 N–H and O–H groups in total. The summed E-state index contributed by atoms with van der Waals surface area (Å²) in [6, 6.07) is 3.81. The summed E-state index contributed by atoms with van der Waals surface area (Å²) in [6.45, 7) is -2.49. The van der Waals surface area contributed by atoms with Crippen LogP contribution < -0.4 is 5.32 Å². The van der Waals surface area contributed by atoms with Crippen molar-refractivity contribution in [3.63, 3.8) is 0 Å². The average molecular weight is 224 g/mol. The van der Waals surface area contributed by atoms with Gasteiger partial charge in [0.25, 0.3) is 0 Å². The Bertz CT molecular complexity index is 373. The summed E-state index contributed by atoms with van der Waals surface area (Å²) < 4.78 is 20.7. The third-order valence-corrected chi connectivity index (χ3v) is 1.68. The van der Waals surface area contributed by atoms with Gasteiger partial charge in [-0.3, -0.25) is 0 Å². The molecule has 0 fully saturated rings.